The van der Waals surface area contributed by atoms with E-state index in [0.29, 0.717) is 23.7 Å². The molecule has 7 heteroatoms. The minimum atomic E-state index is -0.126. The molecule has 0 aliphatic rings. The molecule has 4 aromatic rings. The maximum atomic E-state index is 12.3. The normalized spacial score (nSPS) is 11.1. The maximum absolute atomic E-state index is 12.3. The van der Waals surface area contributed by atoms with Crippen molar-refractivity contribution in [3.63, 3.8) is 0 Å². The Labute approximate surface area is 228 Å². The summed E-state index contributed by atoms with van der Waals surface area (Å²) in [6.45, 7) is 6.09. The molecule has 0 radical (unpaired) electrons. The Morgan fingerprint density at radius 2 is 1.68 bits per heavy atom. The second-order valence-electron chi connectivity index (χ2n) is 9.29. The molecule has 0 spiro atoms. The van der Waals surface area contributed by atoms with Crippen LogP contribution in [0, 0.1) is 13.8 Å². The molecule has 1 amide bonds. The van der Waals surface area contributed by atoms with Crippen LogP contribution in [0.1, 0.15) is 53.0 Å². The molecular weight excluding hydrogens is 505 g/mol. The molecule has 0 bridgehead atoms. The van der Waals surface area contributed by atoms with Gasteiger partial charge in [0.25, 0.3) is 5.91 Å². The van der Waals surface area contributed by atoms with Gasteiger partial charge in [-0.15, -0.1) is 0 Å². The molecule has 1 heterocycles. The Morgan fingerprint density at radius 1 is 0.946 bits per heavy atom. The largest absolute Gasteiger partial charge is 0.494 e. The van der Waals surface area contributed by atoms with Crippen molar-refractivity contribution in [3.05, 3.63) is 93.2 Å². The fourth-order valence-electron chi connectivity index (χ4n) is 4.50. The minimum absolute atomic E-state index is 0.126. The third-order valence-corrected chi connectivity index (χ3v) is 7.35. The Kier molecular flexibility index (Phi) is 9.48. The number of carbonyl (C=O) groups is 1. The Bertz CT molecular complexity index is 1340. The molecule has 0 aliphatic heterocycles. The van der Waals surface area contributed by atoms with E-state index in [4.69, 9.17) is 32.9 Å². The number of aromatic nitrogens is 2. The molecule has 194 valence electrons. The van der Waals surface area contributed by atoms with Crippen molar-refractivity contribution in [2.75, 3.05) is 13.2 Å². The number of hydrogen-bond donors (Lipinski definition) is 1. The van der Waals surface area contributed by atoms with Gasteiger partial charge in [0.1, 0.15) is 11.6 Å². The molecule has 0 saturated heterocycles. The summed E-state index contributed by atoms with van der Waals surface area (Å²) in [6, 6.07) is 19.4. The number of hydrogen-bond acceptors (Lipinski definition) is 3. The summed E-state index contributed by atoms with van der Waals surface area (Å²) in [5.74, 6) is 1.83. The van der Waals surface area contributed by atoms with Crippen LogP contribution in [0.2, 0.25) is 10.0 Å². The highest BCUT2D eigenvalue weighted by molar-refractivity contribution is 6.33. The molecule has 0 atom stereocenters. The van der Waals surface area contributed by atoms with Gasteiger partial charge >= 0.3 is 0 Å². The Hall–Kier alpha value is -3.02. The number of ether oxygens (including phenoxy) is 1. The summed E-state index contributed by atoms with van der Waals surface area (Å²) in [7, 11) is 0. The van der Waals surface area contributed by atoms with Crippen molar-refractivity contribution in [3.8, 4) is 5.75 Å². The van der Waals surface area contributed by atoms with Gasteiger partial charge in [0, 0.05) is 24.5 Å². The number of unbranched alkanes of at least 4 members (excludes halogenated alkanes) is 2. The quantitative estimate of drug-likeness (QED) is 0.189. The number of nitrogens with one attached hydrogen (secondary N) is 1. The summed E-state index contributed by atoms with van der Waals surface area (Å²) >= 11 is 12.4. The van der Waals surface area contributed by atoms with Crippen molar-refractivity contribution in [2.45, 2.75) is 52.5 Å². The van der Waals surface area contributed by atoms with Gasteiger partial charge in [0.05, 0.1) is 28.2 Å². The third kappa shape index (κ3) is 7.06. The maximum Gasteiger partial charge on any atom is 0.252 e. The fraction of sp³-hybridized carbons (Fsp3) is 0.333. The highest BCUT2D eigenvalue weighted by Crippen LogP contribution is 2.26. The zero-order chi connectivity index (χ0) is 26.2. The van der Waals surface area contributed by atoms with Crippen LogP contribution in [0.15, 0.2) is 60.7 Å². The number of fused-ring (bicyclic) bond motifs is 1. The molecule has 1 aromatic heterocycles. The van der Waals surface area contributed by atoms with Crippen LogP contribution in [0.25, 0.3) is 11.0 Å². The monoisotopic (exact) mass is 537 g/mol. The zero-order valence-corrected chi connectivity index (χ0v) is 22.9. The molecule has 5 nitrogen and oxygen atoms in total. The first-order valence-electron chi connectivity index (χ1n) is 12.8. The van der Waals surface area contributed by atoms with Gasteiger partial charge in [-0.1, -0.05) is 53.9 Å². The summed E-state index contributed by atoms with van der Waals surface area (Å²) < 4.78 is 8.34. The number of amides is 1. The van der Waals surface area contributed by atoms with Crippen molar-refractivity contribution < 1.29 is 9.53 Å². The average molecular weight is 539 g/mol. The number of halogens is 2. The van der Waals surface area contributed by atoms with E-state index < -0.39 is 0 Å². The second-order valence-corrected chi connectivity index (χ2v) is 10.1. The Morgan fingerprint density at radius 3 is 2.46 bits per heavy atom. The average Bonchev–Trinajstić information content (AvgIpc) is 3.24. The van der Waals surface area contributed by atoms with E-state index in [1.807, 2.05) is 44.2 Å². The van der Waals surface area contributed by atoms with Crippen LogP contribution >= 0.6 is 23.2 Å². The smallest absolute Gasteiger partial charge is 0.252 e. The van der Waals surface area contributed by atoms with Crippen molar-refractivity contribution >= 4 is 40.1 Å². The lowest BCUT2D eigenvalue weighted by Gasteiger charge is -2.12. The number of imidazole rings is 1. The number of carbonyl (C=O) groups excluding carboxylic acids is 1. The number of benzene rings is 3. The summed E-state index contributed by atoms with van der Waals surface area (Å²) in [4.78, 5) is 17.2. The first kappa shape index (κ1) is 27.0. The summed E-state index contributed by atoms with van der Waals surface area (Å²) in [5, 5.41) is 4.23. The molecular formula is C30H33Cl2N3O2. The van der Waals surface area contributed by atoms with Crippen LogP contribution in [0.4, 0.5) is 0 Å². The molecule has 3 aromatic carbocycles. The summed E-state index contributed by atoms with van der Waals surface area (Å²) in [6.07, 6.45) is 4.69. The van der Waals surface area contributed by atoms with Gasteiger partial charge < -0.3 is 14.6 Å². The predicted octanol–water partition coefficient (Wildman–Crippen LogP) is 7.57. The van der Waals surface area contributed by atoms with Crippen LogP contribution in [0.3, 0.4) is 0 Å². The zero-order valence-electron chi connectivity index (χ0n) is 21.4. The predicted molar refractivity (Wildman–Crippen MR) is 152 cm³/mol. The van der Waals surface area contributed by atoms with E-state index in [2.05, 4.69) is 28.1 Å². The van der Waals surface area contributed by atoms with E-state index in [-0.39, 0.29) is 5.91 Å². The highest BCUT2D eigenvalue weighted by atomic mass is 35.5. The number of aryl methyl sites for hydroxylation is 4. The SMILES string of the molecule is Cc1cc(OCCCn2c(CCCCCNC(=O)c3ccccc3Cl)nc3ccccc32)cc(C)c1Cl. The lowest BCUT2D eigenvalue weighted by Crippen LogP contribution is -2.24. The van der Waals surface area contributed by atoms with Gasteiger partial charge in [-0.25, -0.2) is 4.98 Å². The topological polar surface area (TPSA) is 56.1 Å². The molecule has 0 saturated carbocycles. The molecule has 0 aliphatic carbocycles. The van der Waals surface area contributed by atoms with E-state index in [9.17, 15) is 4.79 Å². The number of rotatable bonds is 12. The van der Waals surface area contributed by atoms with E-state index >= 15 is 0 Å². The van der Waals surface area contributed by atoms with E-state index in [0.717, 1.165) is 77.4 Å². The first-order chi connectivity index (χ1) is 17.9. The van der Waals surface area contributed by atoms with Crippen molar-refractivity contribution in [1.29, 1.82) is 0 Å². The third-order valence-electron chi connectivity index (χ3n) is 6.42. The van der Waals surface area contributed by atoms with Gasteiger partial charge in [-0.2, -0.15) is 0 Å². The van der Waals surface area contributed by atoms with Gasteiger partial charge in [0.2, 0.25) is 0 Å². The van der Waals surface area contributed by atoms with Crippen molar-refractivity contribution in [1.82, 2.24) is 14.9 Å². The van der Waals surface area contributed by atoms with Crippen LogP contribution in [-0.4, -0.2) is 28.6 Å². The van der Waals surface area contributed by atoms with Crippen LogP contribution in [0.5, 0.6) is 5.75 Å². The molecule has 0 unspecified atom stereocenters. The van der Waals surface area contributed by atoms with E-state index in [1.165, 1.54) is 0 Å². The summed E-state index contributed by atoms with van der Waals surface area (Å²) in [5.41, 5.74) is 4.76. The fourth-order valence-corrected chi connectivity index (χ4v) is 4.83. The van der Waals surface area contributed by atoms with Crippen molar-refractivity contribution in [2.24, 2.45) is 0 Å². The standard InChI is InChI=1S/C30H33Cl2N3O2/c1-21-19-23(20-22(2)29(21)32)37-18-10-17-35-27-14-8-7-13-26(27)34-28(35)15-4-3-9-16-33-30(36)24-11-5-6-12-25(24)31/h5-8,11-14,19-20H,3-4,9-10,15-18H2,1-2H3,(H,33,36). The lowest BCUT2D eigenvalue weighted by molar-refractivity contribution is 0.0953. The van der Waals surface area contributed by atoms with Gasteiger partial charge in [-0.3, -0.25) is 4.79 Å². The van der Waals surface area contributed by atoms with Crippen LogP contribution < -0.4 is 10.1 Å². The molecule has 1 N–H and O–H groups in total. The minimum Gasteiger partial charge on any atom is -0.494 e. The van der Waals surface area contributed by atoms with Gasteiger partial charge in [-0.05, 0) is 80.6 Å². The number of nitrogens with zero attached hydrogens (tertiary/aromatic N) is 2. The molecule has 4 rings (SSSR count). The lowest BCUT2D eigenvalue weighted by atomic mass is 10.1. The highest BCUT2D eigenvalue weighted by Gasteiger charge is 2.11. The molecule has 0 fully saturated rings. The van der Waals surface area contributed by atoms with Gasteiger partial charge in [0.15, 0.2) is 0 Å². The second kappa shape index (κ2) is 13.0. The number of para-hydroxylation sites is 2. The molecule has 37 heavy (non-hydrogen) atoms. The Balaban J connectivity index is 1.26. The van der Waals surface area contributed by atoms with E-state index in [1.54, 1.807) is 12.1 Å². The van der Waals surface area contributed by atoms with Crippen LogP contribution in [-0.2, 0) is 13.0 Å². The first-order valence-corrected chi connectivity index (χ1v) is 13.6.